The average molecular weight is 219 g/mol. The maximum absolute atomic E-state index is 5.56. The van der Waals surface area contributed by atoms with Crippen LogP contribution in [-0.4, -0.2) is 6.54 Å². The first-order chi connectivity index (χ1) is 7.83. The molecule has 2 nitrogen and oxygen atoms in total. The van der Waals surface area contributed by atoms with Crippen LogP contribution in [0.15, 0.2) is 16.5 Å². The van der Waals surface area contributed by atoms with Crippen LogP contribution in [-0.2, 0) is 6.54 Å². The number of furan rings is 1. The summed E-state index contributed by atoms with van der Waals surface area (Å²) in [6, 6.07) is 4.11. The number of hydrogen-bond donors (Lipinski definition) is 1. The largest absolute Gasteiger partial charge is 0.465 e. The molecule has 0 aliphatic heterocycles. The molecule has 0 radical (unpaired) electrons. The Balaban J connectivity index is 1.44. The van der Waals surface area contributed by atoms with E-state index in [0.29, 0.717) is 0 Å². The van der Waals surface area contributed by atoms with Crippen molar-refractivity contribution in [2.24, 2.45) is 17.8 Å². The van der Waals surface area contributed by atoms with Crippen LogP contribution in [0.1, 0.15) is 37.2 Å². The normalized spacial score (nSPS) is 20.6. The molecular formula is C14H21NO. The van der Waals surface area contributed by atoms with Gasteiger partial charge in [0.05, 0.1) is 6.54 Å². The van der Waals surface area contributed by atoms with Crippen LogP contribution < -0.4 is 5.32 Å². The van der Waals surface area contributed by atoms with Gasteiger partial charge in [0.25, 0.3) is 0 Å². The lowest BCUT2D eigenvalue weighted by molar-refractivity contribution is 0.366. The Labute approximate surface area is 97.4 Å². The molecule has 0 atom stereocenters. The second-order valence-corrected chi connectivity index (χ2v) is 5.48. The van der Waals surface area contributed by atoms with Crippen LogP contribution in [0.4, 0.5) is 0 Å². The first-order valence-corrected chi connectivity index (χ1v) is 6.59. The van der Waals surface area contributed by atoms with Gasteiger partial charge in [-0.05, 0) is 69.0 Å². The van der Waals surface area contributed by atoms with Crippen LogP contribution in [0.5, 0.6) is 0 Å². The summed E-state index contributed by atoms with van der Waals surface area (Å²) in [5.74, 6) is 5.12. The van der Waals surface area contributed by atoms with Crippen molar-refractivity contribution in [3.05, 3.63) is 23.7 Å². The molecule has 2 aliphatic rings. The Kier molecular flexibility index (Phi) is 2.76. The molecule has 0 aromatic carbocycles. The minimum Gasteiger partial charge on any atom is -0.465 e. The molecule has 2 heteroatoms. The summed E-state index contributed by atoms with van der Waals surface area (Å²) in [4.78, 5) is 0. The Morgan fingerprint density at radius 3 is 2.44 bits per heavy atom. The van der Waals surface area contributed by atoms with E-state index in [1.165, 1.54) is 32.2 Å². The van der Waals surface area contributed by atoms with Crippen LogP contribution in [0.3, 0.4) is 0 Å². The second-order valence-electron chi connectivity index (χ2n) is 5.48. The van der Waals surface area contributed by atoms with Gasteiger partial charge < -0.3 is 9.73 Å². The molecule has 1 aromatic rings. The number of rotatable bonds is 6. The predicted octanol–water partition coefficient (Wildman–Crippen LogP) is 3.11. The molecule has 0 unspecified atom stereocenters. The summed E-state index contributed by atoms with van der Waals surface area (Å²) in [5, 5.41) is 3.56. The highest BCUT2D eigenvalue weighted by atomic mass is 16.3. The molecule has 2 fully saturated rings. The van der Waals surface area contributed by atoms with E-state index in [2.05, 4.69) is 11.4 Å². The molecule has 1 aromatic heterocycles. The summed E-state index contributed by atoms with van der Waals surface area (Å²) in [7, 11) is 0. The van der Waals surface area contributed by atoms with E-state index >= 15 is 0 Å². The number of hydrogen-bond acceptors (Lipinski definition) is 2. The standard InChI is InChI=1S/C14H21NO/c1-10-2-7-13(16-10)8-15-9-14(11-3-4-11)12-5-6-12/h2,7,11-12,14-15H,3-6,8-9H2,1H3. The molecule has 0 saturated heterocycles. The first kappa shape index (κ1) is 10.4. The maximum Gasteiger partial charge on any atom is 0.117 e. The quantitative estimate of drug-likeness (QED) is 0.795. The van der Waals surface area contributed by atoms with Gasteiger partial charge in [0.15, 0.2) is 0 Å². The monoisotopic (exact) mass is 219 g/mol. The van der Waals surface area contributed by atoms with Gasteiger partial charge in [-0.3, -0.25) is 0 Å². The smallest absolute Gasteiger partial charge is 0.117 e. The third kappa shape index (κ3) is 2.49. The van der Waals surface area contributed by atoms with Crippen molar-refractivity contribution < 1.29 is 4.42 Å². The number of nitrogens with one attached hydrogen (secondary N) is 1. The fourth-order valence-electron chi connectivity index (χ4n) is 2.71. The Morgan fingerprint density at radius 1 is 1.25 bits per heavy atom. The van der Waals surface area contributed by atoms with Crippen molar-refractivity contribution in [2.45, 2.75) is 39.2 Å². The topological polar surface area (TPSA) is 25.2 Å². The SMILES string of the molecule is Cc1ccc(CNCC(C2CC2)C2CC2)o1. The lowest BCUT2D eigenvalue weighted by Crippen LogP contribution is -2.25. The molecule has 0 amide bonds. The predicted molar refractivity (Wildman–Crippen MR) is 64.1 cm³/mol. The number of aryl methyl sites for hydroxylation is 1. The van der Waals surface area contributed by atoms with Crippen molar-refractivity contribution in [3.63, 3.8) is 0 Å². The van der Waals surface area contributed by atoms with Gasteiger partial charge in [0.2, 0.25) is 0 Å². The molecule has 0 spiro atoms. The Hall–Kier alpha value is -0.760. The lowest BCUT2D eigenvalue weighted by atomic mass is 9.98. The van der Waals surface area contributed by atoms with E-state index in [4.69, 9.17) is 4.42 Å². The van der Waals surface area contributed by atoms with E-state index < -0.39 is 0 Å². The summed E-state index contributed by atoms with van der Waals surface area (Å²) < 4.78 is 5.56. The molecule has 88 valence electrons. The van der Waals surface area contributed by atoms with Crippen molar-refractivity contribution in [1.29, 1.82) is 0 Å². The molecule has 2 saturated carbocycles. The molecule has 2 aliphatic carbocycles. The van der Waals surface area contributed by atoms with Gasteiger partial charge in [-0.1, -0.05) is 0 Å². The first-order valence-electron chi connectivity index (χ1n) is 6.59. The van der Waals surface area contributed by atoms with Crippen molar-refractivity contribution in [3.8, 4) is 0 Å². The molecule has 1 heterocycles. The zero-order valence-corrected chi connectivity index (χ0v) is 10.0. The van der Waals surface area contributed by atoms with Crippen molar-refractivity contribution >= 4 is 0 Å². The summed E-state index contributed by atoms with van der Waals surface area (Å²) >= 11 is 0. The molecule has 16 heavy (non-hydrogen) atoms. The highest BCUT2D eigenvalue weighted by Crippen LogP contribution is 2.48. The minimum atomic E-state index is 0.893. The van der Waals surface area contributed by atoms with Gasteiger partial charge in [-0.2, -0.15) is 0 Å². The second kappa shape index (κ2) is 4.25. The Morgan fingerprint density at radius 2 is 1.94 bits per heavy atom. The maximum atomic E-state index is 5.56. The summed E-state index contributed by atoms with van der Waals surface area (Å²) in [6.45, 7) is 4.08. The fraction of sp³-hybridized carbons (Fsp3) is 0.714. The summed E-state index contributed by atoms with van der Waals surface area (Å²) in [5.41, 5.74) is 0. The van der Waals surface area contributed by atoms with Gasteiger partial charge in [0, 0.05) is 0 Å². The molecule has 0 bridgehead atoms. The van der Waals surface area contributed by atoms with Gasteiger partial charge in [-0.25, -0.2) is 0 Å². The van der Waals surface area contributed by atoms with Crippen LogP contribution in [0, 0.1) is 24.7 Å². The van der Waals surface area contributed by atoms with Gasteiger partial charge in [-0.15, -0.1) is 0 Å². The van der Waals surface area contributed by atoms with Crippen molar-refractivity contribution in [1.82, 2.24) is 5.32 Å². The van der Waals surface area contributed by atoms with E-state index in [1.807, 2.05) is 13.0 Å². The highest BCUT2D eigenvalue weighted by Gasteiger charge is 2.40. The third-order valence-electron chi connectivity index (χ3n) is 3.93. The highest BCUT2D eigenvalue weighted by molar-refractivity contribution is 5.05. The van der Waals surface area contributed by atoms with Crippen LogP contribution in [0.2, 0.25) is 0 Å². The average Bonchev–Trinajstić information content (AvgIpc) is 3.15. The molecule has 1 N–H and O–H groups in total. The minimum absolute atomic E-state index is 0.893. The third-order valence-corrected chi connectivity index (χ3v) is 3.93. The van der Waals surface area contributed by atoms with E-state index in [1.54, 1.807) is 0 Å². The van der Waals surface area contributed by atoms with Gasteiger partial charge >= 0.3 is 0 Å². The van der Waals surface area contributed by atoms with E-state index in [0.717, 1.165) is 35.8 Å². The zero-order chi connectivity index (χ0) is 11.0. The lowest BCUT2D eigenvalue weighted by Gasteiger charge is -2.15. The summed E-state index contributed by atoms with van der Waals surface area (Å²) in [6.07, 6.45) is 5.90. The zero-order valence-electron chi connectivity index (χ0n) is 10.0. The van der Waals surface area contributed by atoms with Gasteiger partial charge in [0.1, 0.15) is 11.5 Å². The van der Waals surface area contributed by atoms with E-state index in [9.17, 15) is 0 Å². The van der Waals surface area contributed by atoms with Crippen molar-refractivity contribution in [2.75, 3.05) is 6.54 Å². The Bertz CT molecular complexity index is 337. The fourth-order valence-corrected chi connectivity index (χ4v) is 2.71. The molecule has 3 rings (SSSR count). The molecular weight excluding hydrogens is 198 g/mol. The van der Waals surface area contributed by atoms with Crippen LogP contribution >= 0.6 is 0 Å². The van der Waals surface area contributed by atoms with E-state index in [-0.39, 0.29) is 0 Å². The van der Waals surface area contributed by atoms with Crippen LogP contribution in [0.25, 0.3) is 0 Å².